The van der Waals surface area contributed by atoms with Gasteiger partial charge in [-0.2, -0.15) is 0 Å². The maximum absolute atomic E-state index is 6.46. The lowest BCUT2D eigenvalue weighted by atomic mass is 9.99. The normalized spacial score (nSPS) is 12.2. The van der Waals surface area contributed by atoms with E-state index in [-0.39, 0.29) is 6.04 Å². The lowest BCUT2D eigenvalue weighted by Crippen LogP contribution is -2.15. The predicted octanol–water partition coefficient (Wildman–Crippen LogP) is 5.26. The second kappa shape index (κ2) is 7.24. The highest BCUT2D eigenvalue weighted by Crippen LogP contribution is 2.34. The quantitative estimate of drug-likeness (QED) is 0.569. The molecule has 2 aromatic carbocycles. The van der Waals surface area contributed by atoms with Crippen LogP contribution in [0.15, 0.2) is 45.3 Å². The Labute approximate surface area is 149 Å². The van der Waals surface area contributed by atoms with E-state index in [9.17, 15) is 0 Å². The van der Waals surface area contributed by atoms with Gasteiger partial charge in [-0.1, -0.05) is 31.9 Å². The Balaban J connectivity index is 2.49. The third kappa shape index (κ3) is 3.75. The smallest absolute Gasteiger partial charge is 0.124 e. The summed E-state index contributed by atoms with van der Waals surface area (Å²) in [6.07, 6.45) is 0. The Morgan fingerprint density at radius 2 is 1.70 bits per heavy atom. The van der Waals surface area contributed by atoms with Crippen LogP contribution in [0.3, 0.4) is 0 Å². The molecule has 0 amide bonds. The van der Waals surface area contributed by atoms with Crippen molar-refractivity contribution in [2.75, 3.05) is 6.61 Å². The second-order valence-corrected chi connectivity index (χ2v) is 7.25. The van der Waals surface area contributed by atoms with E-state index >= 15 is 0 Å². The number of benzene rings is 2. The maximum Gasteiger partial charge on any atom is 0.124 e. The van der Waals surface area contributed by atoms with Gasteiger partial charge in [0.05, 0.1) is 12.6 Å². The highest BCUT2D eigenvalue weighted by molar-refractivity contribution is 14.1. The van der Waals surface area contributed by atoms with E-state index in [1.54, 1.807) is 0 Å². The molecule has 106 valence electrons. The highest BCUT2D eigenvalue weighted by atomic mass is 127. The van der Waals surface area contributed by atoms with Crippen LogP contribution in [0.4, 0.5) is 0 Å². The zero-order chi connectivity index (χ0) is 14.7. The molecule has 0 aliphatic heterocycles. The van der Waals surface area contributed by atoms with Crippen LogP contribution in [0.2, 0.25) is 0 Å². The first-order valence-corrected chi connectivity index (χ1v) is 8.82. The van der Waals surface area contributed by atoms with Crippen LogP contribution in [0, 0.1) is 3.57 Å². The van der Waals surface area contributed by atoms with Gasteiger partial charge in [-0.15, -0.1) is 0 Å². The molecule has 0 aromatic heterocycles. The monoisotopic (exact) mass is 509 g/mol. The summed E-state index contributed by atoms with van der Waals surface area (Å²) < 4.78 is 8.85. The van der Waals surface area contributed by atoms with Crippen molar-refractivity contribution >= 4 is 54.5 Å². The van der Waals surface area contributed by atoms with E-state index in [2.05, 4.69) is 66.6 Å². The van der Waals surface area contributed by atoms with E-state index in [1.165, 1.54) is 0 Å². The molecule has 2 aromatic rings. The van der Waals surface area contributed by atoms with E-state index in [1.807, 2.05) is 31.2 Å². The van der Waals surface area contributed by atoms with Crippen molar-refractivity contribution in [3.05, 3.63) is 60.0 Å². The molecule has 2 rings (SSSR count). The van der Waals surface area contributed by atoms with Crippen LogP contribution in [0.1, 0.15) is 24.1 Å². The van der Waals surface area contributed by atoms with Gasteiger partial charge in [-0.05, 0) is 71.5 Å². The zero-order valence-electron chi connectivity index (χ0n) is 10.9. The summed E-state index contributed by atoms with van der Waals surface area (Å²) in [6.45, 7) is 2.59. The molecule has 0 radical (unpaired) electrons. The molecule has 1 atom stereocenters. The molecule has 2 nitrogen and oxygen atoms in total. The number of nitrogens with two attached hydrogens (primary N) is 1. The van der Waals surface area contributed by atoms with Gasteiger partial charge in [0, 0.05) is 18.1 Å². The van der Waals surface area contributed by atoms with Crippen molar-refractivity contribution in [1.29, 1.82) is 0 Å². The molecule has 0 bridgehead atoms. The summed E-state index contributed by atoms with van der Waals surface area (Å²) in [7, 11) is 0. The predicted molar refractivity (Wildman–Crippen MR) is 98.2 cm³/mol. The summed E-state index contributed by atoms with van der Waals surface area (Å²) in [4.78, 5) is 0. The molecule has 0 aliphatic rings. The van der Waals surface area contributed by atoms with Gasteiger partial charge in [0.25, 0.3) is 0 Å². The van der Waals surface area contributed by atoms with Crippen LogP contribution in [0.5, 0.6) is 5.75 Å². The number of hydrogen-bond donors (Lipinski definition) is 1. The summed E-state index contributed by atoms with van der Waals surface area (Å²) in [5.74, 6) is 0.832. The van der Waals surface area contributed by atoms with Crippen LogP contribution < -0.4 is 10.5 Å². The first-order chi connectivity index (χ1) is 9.52. The molecule has 0 heterocycles. The average Bonchev–Trinajstić information content (AvgIpc) is 2.43. The topological polar surface area (TPSA) is 35.2 Å². The summed E-state index contributed by atoms with van der Waals surface area (Å²) >= 11 is 9.31. The van der Waals surface area contributed by atoms with E-state index in [4.69, 9.17) is 10.5 Å². The van der Waals surface area contributed by atoms with Gasteiger partial charge < -0.3 is 10.5 Å². The Morgan fingerprint density at radius 3 is 2.35 bits per heavy atom. The average molecular weight is 511 g/mol. The first kappa shape index (κ1) is 16.3. The first-order valence-electron chi connectivity index (χ1n) is 6.15. The molecule has 0 fully saturated rings. The Kier molecular flexibility index (Phi) is 5.89. The molecule has 0 saturated heterocycles. The van der Waals surface area contributed by atoms with Gasteiger partial charge in [0.1, 0.15) is 5.75 Å². The lowest BCUT2D eigenvalue weighted by Gasteiger charge is -2.19. The number of hydrogen-bond acceptors (Lipinski definition) is 2. The van der Waals surface area contributed by atoms with Gasteiger partial charge in [0.2, 0.25) is 0 Å². The third-order valence-electron chi connectivity index (χ3n) is 2.90. The molecule has 2 N–H and O–H groups in total. The van der Waals surface area contributed by atoms with Crippen molar-refractivity contribution in [1.82, 2.24) is 0 Å². The number of ether oxygens (including phenoxy) is 1. The van der Waals surface area contributed by atoms with Crippen LogP contribution in [-0.2, 0) is 0 Å². The number of rotatable bonds is 4. The largest absolute Gasteiger partial charge is 0.494 e. The fourth-order valence-electron chi connectivity index (χ4n) is 1.97. The van der Waals surface area contributed by atoms with Crippen molar-refractivity contribution in [3.63, 3.8) is 0 Å². The lowest BCUT2D eigenvalue weighted by molar-refractivity contribution is 0.335. The Hall–Kier alpha value is -0.110. The molecular formula is C15H14Br2INO. The molecule has 0 aliphatic carbocycles. The number of halogens is 3. The standard InChI is InChI=1S/C15H14Br2INO/c1-2-20-14-6-4-10(17)8-12(14)15(19)11-7-9(16)3-5-13(11)18/h3-8,15H,2,19H2,1H3. The fourth-order valence-corrected chi connectivity index (χ4v) is 3.40. The van der Waals surface area contributed by atoms with Crippen molar-refractivity contribution < 1.29 is 4.74 Å². The van der Waals surface area contributed by atoms with Crippen LogP contribution in [0.25, 0.3) is 0 Å². The minimum atomic E-state index is -0.224. The molecule has 0 spiro atoms. The third-order valence-corrected chi connectivity index (χ3v) is 4.87. The van der Waals surface area contributed by atoms with Crippen molar-refractivity contribution in [2.24, 2.45) is 5.73 Å². The Bertz CT molecular complexity index is 619. The molecule has 0 saturated carbocycles. The molecular weight excluding hydrogens is 497 g/mol. The van der Waals surface area contributed by atoms with Gasteiger partial charge in [-0.3, -0.25) is 0 Å². The summed E-state index contributed by atoms with van der Waals surface area (Å²) in [5.41, 5.74) is 8.53. The van der Waals surface area contributed by atoms with Gasteiger partial charge in [0.15, 0.2) is 0 Å². The zero-order valence-corrected chi connectivity index (χ0v) is 16.2. The molecule has 1 unspecified atom stereocenters. The molecule has 20 heavy (non-hydrogen) atoms. The van der Waals surface area contributed by atoms with Crippen molar-refractivity contribution in [3.8, 4) is 5.75 Å². The summed E-state index contributed by atoms with van der Waals surface area (Å²) in [5, 5.41) is 0. The van der Waals surface area contributed by atoms with E-state index < -0.39 is 0 Å². The second-order valence-electron chi connectivity index (χ2n) is 4.26. The fraction of sp³-hybridized carbons (Fsp3) is 0.200. The minimum Gasteiger partial charge on any atom is -0.494 e. The van der Waals surface area contributed by atoms with Gasteiger partial charge >= 0.3 is 0 Å². The molecule has 5 heteroatoms. The highest BCUT2D eigenvalue weighted by Gasteiger charge is 2.17. The van der Waals surface area contributed by atoms with E-state index in [0.29, 0.717) is 6.61 Å². The summed E-state index contributed by atoms with van der Waals surface area (Å²) in [6, 6.07) is 11.8. The van der Waals surface area contributed by atoms with Gasteiger partial charge in [-0.25, -0.2) is 0 Å². The van der Waals surface area contributed by atoms with E-state index in [0.717, 1.165) is 29.4 Å². The Morgan fingerprint density at radius 1 is 1.10 bits per heavy atom. The maximum atomic E-state index is 6.46. The minimum absolute atomic E-state index is 0.224. The van der Waals surface area contributed by atoms with Crippen LogP contribution in [-0.4, -0.2) is 6.61 Å². The SMILES string of the molecule is CCOc1ccc(Br)cc1C(N)c1cc(Br)ccc1I. The van der Waals surface area contributed by atoms with Crippen LogP contribution >= 0.6 is 54.5 Å². The van der Waals surface area contributed by atoms with Crippen molar-refractivity contribution in [2.45, 2.75) is 13.0 Å².